The summed E-state index contributed by atoms with van der Waals surface area (Å²) in [5.41, 5.74) is 0.837. The Morgan fingerprint density at radius 1 is 1.09 bits per heavy atom. The fraction of sp³-hybridized carbons (Fsp3) is 0.118. The van der Waals surface area contributed by atoms with E-state index < -0.39 is 0 Å². The summed E-state index contributed by atoms with van der Waals surface area (Å²) in [6.45, 7) is 0. The number of fused-ring (bicyclic) bond motifs is 1. The van der Waals surface area contributed by atoms with Crippen LogP contribution in [0.1, 0.15) is 4.88 Å². The number of thioether (sulfide) groups is 1. The zero-order valence-electron chi connectivity index (χ0n) is 11.7. The normalized spacial score (nSPS) is 10.8. The monoisotopic (exact) mass is 347 g/mol. The van der Waals surface area contributed by atoms with Crippen LogP contribution in [-0.2, 0) is 10.5 Å². The maximum atomic E-state index is 12.0. The van der Waals surface area contributed by atoms with Crippen LogP contribution in [0.2, 0.25) is 4.34 Å². The summed E-state index contributed by atoms with van der Waals surface area (Å²) in [4.78, 5) is 13.2. The first-order valence-electron chi connectivity index (χ1n) is 6.81. The Morgan fingerprint density at radius 3 is 2.68 bits per heavy atom. The smallest absolute Gasteiger partial charge is 0.234 e. The van der Waals surface area contributed by atoms with E-state index in [0.717, 1.165) is 21.2 Å². The largest absolute Gasteiger partial charge is 0.325 e. The molecular weight excluding hydrogens is 334 g/mol. The number of halogens is 1. The molecule has 0 bridgehead atoms. The summed E-state index contributed by atoms with van der Waals surface area (Å²) in [5.74, 6) is 1.26. The summed E-state index contributed by atoms with van der Waals surface area (Å²) >= 11 is 9.03. The van der Waals surface area contributed by atoms with Crippen LogP contribution in [-0.4, -0.2) is 11.7 Å². The number of carbonyl (C=O) groups is 1. The number of carbonyl (C=O) groups excluding carboxylic acids is 1. The van der Waals surface area contributed by atoms with Gasteiger partial charge in [0.25, 0.3) is 0 Å². The maximum Gasteiger partial charge on any atom is 0.234 e. The molecule has 0 fully saturated rings. The third-order valence-corrected chi connectivity index (χ3v) is 5.53. The molecule has 0 saturated heterocycles. The molecule has 1 heterocycles. The number of hydrogen-bond acceptors (Lipinski definition) is 3. The fourth-order valence-electron chi connectivity index (χ4n) is 2.14. The lowest BCUT2D eigenvalue weighted by Crippen LogP contribution is -2.14. The van der Waals surface area contributed by atoms with Crippen LogP contribution in [0.5, 0.6) is 0 Å². The second-order valence-corrected chi connectivity index (χ2v) is 7.59. The van der Waals surface area contributed by atoms with Crippen molar-refractivity contribution in [1.29, 1.82) is 0 Å². The molecule has 0 aliphatic heterocycles. The third-order valence-electron chi connectivity index (χ3n) is 3.14. The van der Waals surface area contributed by atoms with Crippen molar-refractivity contribution >= 4 is 57.1 Å². The van der Waals surface area contributed by atoms with Crippen molar-refractivity contribution in [1.82, 2.24) is 0 Å². The Labute approximate surface area is 142 Å². The van der Waals surface area contributed by atoms with Gasteiger partial charge in [-0.25, -0.2) is 0 Å². The highest BCUT2D eigenvalue weighted by atomic mass is 35.5. The SMILES string of the molecule is O=C(CSCc1ccc(Cl)s1)Nc1ccc2ccccc2c1. The van der Waals surface area contributed by atoms with Crippen LogP contribution in [0, 0.1) is 0 Å². The molecule has 0 saturated carbocycles. The molecule has 3 aromatic rings. The number of benzene rings is 2. The van der Waals surface area contributed by atoms with Crippen LogP contribution >= 0.6 is 34.7 Å². The van der Waals surface area contributed by atoms with E-state index in [9.17, 15) is 4.79 Å². The van der Waals surface area contributed by atoms with Gasteiger partial charge in [-0.3, -0.25) is 4.79 Å². The topological polar surface area (TPSA) is 29.1 Å². The molecule has 22 heavy (non-hydrogen) atoms. The van der Waals surface area contributed by atoms with Crippen molar-refractivity contribution in [3.05, 3.63) is 63.8 Å². The number of anilines is 1. The van der Waals surface area contributed by atoms with Gasteiger partial charge in [-0.15, -0.1) is 23.1 Å². The third kappa shape index (κ3) is 4.03. The number of thiophene rings is 1. The first-order valence-corrected chi connectivity index (χ1v) is 9.16. The molecule has 5 heteroatoms. The average molecular weight is 348 g/mol. The molecule has 112 valence electrons. The molecule has 3 rings (SSSR count). The summed E-state index contributed by atoms with van der Waals surface area (Å²) in [5, 5.41) is 5.24. The van der Waals surface area contributed by atoms with E-state index in [1.807, 2.05) is 48.5 Å². The number of rotatable bonds is 5. The van der Waals surface area contributed by atoms with E-state index in [1.165, 1.54) is 10.3 Å². The molecule has 0 unspecified atom stereocenters. The van der Waals surface area contributed by atoms with E-state index >= 15 is 0 Å². The standard InChI is InChI=1S/C17H14ClNOS2/c18-16-8-7-15(22-16)10-21-11-17(20)19-14-6-5-12-3-1-2-4-13(12)9-14/h1-9H,10-11H2,(H,19,20). The molecule has 1 aromatic heterocycles. The van der Waals surface area contributed by atoms with E-state index in [0.29, 0.717) is 5.75 Å². The predicted octanol–water partition coefficient (Wildman–Crippen LogP) is 5.43. The van der Waals surface area contributed by atoms with E-state index in [4.69, 9.17) is 11.6 Å². The molecule has 0 aliphatic carbocycles. The minimum Gasteiger partial charge on any atom is -0.325 e. The van der Waals surface area contributed by atoms with Crippen molar-refractivity contribution in [2.75, 3.05) is 11.1 Å². The zero-order valence-corrected chi connectivity index (χ0v) is 14.1. The molecule has 1 amide bonds. The van der Waals surface area contributed by atoms with Crippen molar-refractivity contribution in [3.8, 4) is 0 Å². The fourth-order valence-corrected chi connectivity index (χ4v) is 4.16. The second-order valence-electron chi connectivity index (χ2n) is 4.81. The molecule has 0 radical (unpaired) electrons. The zero-order chi connectivity index (χ0) is 15.4. The average Bonchev–Trinajstić information content (AvgIpc) is 2.92. The minimum absolute atomic E-state index is 0.0166. The first-order chi connectivity index (χ1) is 10.7. The van der Waals surface area contributed by atoms with Crippen molar-refractivity contribution < 1.29 is 4.79 Å². The van der Waals surface area contributed by atoms with Crippen molar-refractivity contribution in [2.45, 2.75) is 5.75 Å². The second kappa shape index (κ2) is 7.18. The van der Waals surface area contributed by atoms with Crippen LogP contribution in [0.25, 0.3) is 10.8 Å². The van der Waals surface area contributed by atoms with Crippen molar-refractivity contribution in [3.63, 3.8) is 0 Å². The van der Waals surface area contributed by atoms with Crippen LogP contribution in [0.3, 0.4) is 0 Å². The van der Waals surface area contributed by atoms with Gasteiger partial charge in [0.1, 0.15) is 0 Å². The molecule has 0 aliphatic rings. The highest BCUT2D eigenvalue weighted by Crippen LogP contribution is 2.25. The molecule has 1 N–H and O–H groups in total. The Bertz CT molecular complexity index is 800. The van der Waals surface area contributed by atoms with E-state index in [1.54, 1.807) is 23.1 Å². The van der Waals surface area contributed by atoms with Crippen LogP contribution in [0.4, 0.5) is 5.69 Å². The molecule has 2 aromatic carbocycles. The van der Waals surface area contributed by atoms with Crippen LogP contribution in [0.15, 0.2) is 54.6 Å². The Hall–Kier alpha value is -1.49. The number of amides is 1. The first kappa shape index (κ1) is 15.4. The van der Waals surface area contributed by atoms with Gasteiger partial charge in [0, 0.05) is 16.3 Å². The lowest BCUT2D eigenvalue weighted by Gasteiger charge is -2.06. The summed E-state index contributed by atoms with van der Waals surface area (Å²) < 4.78 is 0.788. The summed E-state index contributed by atoms with van der Waals surface area (Å²) in [7, 11) is 0. The van der Waals surface area contributed by atoms with Gasteiger partial charge in [0.15, 0.2) is 0 Å². The minimum atomic E-state index is 0.0166. The van der Waals surface area contributed by atoms with E-state index in [2.05, 4.69) is 11.4 Å². The molecular formula is C17H14ClNOS2. The van der Waals surface area contributed by atoms with Crippen molar-refractivity contribution in [2.24, 2.45) is 0 Å². The molecule has 0 spiro atoms. The lowest BCUT2D eigenvalue weighted by atomic mass is 10.1. The van der Waals surface area contributed by atoms with Gasteiger partial charge in [-0.1, -0.05) is 41.9 Å². The van der Waals surface area contributed by atoms with Gasteiger partial charge >= 0.3 is 0 Å². The van der Waals surface area contributed by atoms with Gasteiger partial charge in [-0.05, 0) is 35.0 Å². The Balaban J connectivity index is 1.54. The molecule has 0 atom stereocenters. The maximum absolute atomic E-state index is 12.0. The van der Waals surface area contributed by atoms with Crippen LogP contribution < -0.4 is 5.32 Å². The number of hydrogen-bond donors (Lipinski definition) is 1. The lowest BCUT2D eigenvalue weighted by molar-refractivity contribution is -0.113. The van der Waals surface area contributed by atoms with Gasteiger partial charge in [-0.2, -0.15) is 0 Å². The summed E-state index contributed by atoms with van der Waals surface area (Å²) in [6, 6.07) is 17.9. The van der Waals surface area contributed by atoms with E-state index in [-0.39, 0.29) is 5.91 Å². The van der Waals surface area contributed by atoms with Gasteiger partial charge < -0.3 is 5.32 Å². The van der Waals surface area contributed by atoms with Gasteiger partial charge in [0.2, 0.25) is 5.91 Å². The predicted molar refractivity (Wildman–Crippen MR) is 98.1 cm³/mol. The van der Waals surface area contributed by atoms with Gasteiger partial charge in [0.05, 0.1) is 10.1 Å². The quantitative estimate of drug-likeness (QED) is 0.667. The Kier molecular flexibility index (Phi) is 5.03. The highest BCUT2D eigenvalue weighted by Gasteiger charge is 2.05. The highest BCUT2D eigenvalue weighted by molar-refractivity contribution is 7.99. The number of nitrogens with one attached hydrogen (secondary N) is 1. The summed E-state index contributed by atoms with van der Waals surface area (Å²) in [6.07, 6.45) is 0. The molecule has 2 nitrogen and oxygen atoms in total. The Morgan fingerprint density at radius 2 is 1.91 bits per heavy atom.